The Labute approximate surface area is 209 Å². The van der Waals surface area contributed by atoms with Gasteiger partial charge in [-0.25, -0.2) is 4.79 Å². The van der Waals surface area contributed by atoms with E-state index in [4.69, 9.17) is 19.0 Å². The molecular weight excluding hydrogens is 450 g/mol. The monoisotopic (exact) mass is 491 g/mol. The fraction of sp³-hybridized carbons (Fsp3) is 0.667. The lowest BCUT2D eigenvalue weighted by Gasteiger charge is -2.29. The van der Waals surface area contributed by atoms with Gasteiger partial charge in [0.05, 0.1) is 12.5 Å². The molecule has 0 bridgehead atoms. The van der Waals surface area contributed by atoms with Crippen LogP contribution in [0.25, 0.3) is 0 Å². The van der Waals surface area contributed by atoms with Crippen molar-refractivity contribution in [2.24, 2.45) is 5.92 Å². The van der Waals surface area contributed by atoms with Crippen LogP contribution in [0, 0.1) is 5.92 Å². The van der Waals surface area contributed by atoms with Gasteiger partial charge >= 0.3 is 18.0 Å². The van der Waals surface area contributed by atoms with Crippen molar-refractivity contribution in [3.8, 4) is 0 Å². The highest BCUT2D eigenvalue weighted by atomic mass is 16.7. The normalized spacial score (nSPS) is 20.9. The highest BCUT2D eigenvalue weighted by molar-refractivity contribution is 5.79. The van der Waals surface area contributed by atoms with Crippen LogP contribution >= 0.6 is 0 Å². The summed E-state index contributed by atoms with van der Waals surface area (Å²) < 4.78 is 16.7. The van der Waals surface area contributed by atoms with E-state index in [0.29, 0.717) is 12.8 Å². The third-order valence-electron chi connectivity index (χ3n) is 4.98. The second kappa shape index (κ2) is 11.0. The van der Waals surface area contributed by atoms with E-state index in [0.717, 1.165) is 10.6 Å². The largest absolute Gasteiger partial charge is 0.460 e. The molecule has 1 amide bonds. The summed E-state index contributed by atoms with van der Waals surface area (Å²) in [4.78, 5) is 45.1. The lowest BCUT2D eigenvalue weighted by atomic mass is 9.88. The number of benzene rings is 1. The third kappa shape index (κ3) is 9.51. The first-order valence-electron chi connectivity index (χ1n) is 12.1. The molecule has 1 fully saturated rings. The summed E-state index contributed by atoms with van der Waals surface area (Å²) in [5, 5.41) is 1.11. The Balaban J connectivity index is 2.39. The van der Waals surface area contributed by atoms with Crippen LogP contribution in [0.4, 0.5) is 4.79 Å². The number of amides is 1. The van der Waals surface area contributed by atoms with E-state index in [1.54, 1.807) is 62.3 Å². The molecule has 0 radical (unpaired) electrons. The number of hydroxylamine groups is 2. The number of hydrogen-bond acceptors (Lipinski definition) is 7. The van der Waals surface area contributed by atoms with Gasteiger partial charge < -0.3 is 14.2 Å². The number of carbonyl (C=O) groups excluding carboxylic acids is 3. The Morgan fingerprint density at radius 2 is 1.37 bits per heavy atom. The number of ether oxygens (including phenoxy) is 3. The Hall–Kier alpha value is -2.61. The second-order valence-electron chi connectivity index (χ2n) is 11.9. The van der Waals surface area contributed by atoms with Gasteiger partial charge in [-0.3, -0.25) is 14.4 Å². The lowest BCUT2D eigenvalue weighted by Crippen LogP contribution is -2.44. The van der Waals surface area contributed by atoms with Crippen LogP contribution in [0.5, 0.6) is 0 Å². The van der Waals surface area contributed by atoms with E-state index in [1.165, 1.54) is 0 Å². The SMILES string of the molecule is CC(C)(C)OC(=O)C[C@@H]1ON(C(=O)OC(C)(C)C)[C@H](CCc2ccccc2)[C@H]1C(=O)OC(C)(C)C. The molecule has 1 aliphatic rings. The minimum Gasteiger partial charge on any atom is -0.460 e. The van der Waals surface area contributed by atoms with Gasteiger partial charge in [-0.05, 0) is 80.7 Å². The second-order valence-corrected chi connectivity index (χ2v) is 11.9. The zero-order valence-corrected chi connectivity index (χ0v) is 22.5. The van der Waals surface area contributed by atoms with E-state index >= 15 is 0 Å². The minimum atomic E-state index is -0.937. The van der Waals surface area contributed by atoms with Crippen molar-refractivity contribution in [2.75, 3.05) is 0 Å². The number of hydrogen-bond donors (Lipinski definition) is 0. The number of carbonyl (C=O) groups is 3. The van der Waals surface area contributed by atoms with Crippen LogP contribution in [0.2, 0.25) is 0 Å². The van der Waals surface area contributed by atoms with E-state index in [-0.39, 0.29) is 6.42 Å². The highest BCUT2D eigenvalue weighted by Crippen LogP contribution is 2.36. The Kier molecular flexibility index (Phi) is 8.98. The van der Waals surface area contributed by atoms with Crippen LogP contribution in [0.15, 0.2) is 30.3 Å². The topological polar surface area (TPSA) is 91.4 Å². The summed E-state index contributed by atoms with van der Waals surface area (Å²) in [6.07, 6.45) is -0.851. The summed E-state index contributed by atoms with van der Waals surface area (Å²) in [5.74, 6) is -1.95. The molecule has 1 saturated heterocycles. The summed E-state index contributed by atoms with van der Waals surface area (Å²) in [7, 11) is 0. The number of esters is 2. The molecule has 1 aromatic carbocycles. The summed E-state index contributed by atoms with van der Waals surface area (Å²) in [6, 6.07) is 9.07. The van der Waals surface area contributed by atoms with Gasteiger partial charge in [0.15, 0.2) is 0 Å². The smallest absolute Gasteiger partial charge is 0.434 e. The third-order valence-corrected chi connectivity index (χ3v) is 4.98. The van der Waals surface area contributed by atoms with Crippen molar-refractivity contribution < 1.29 is 33.4 Å². The van der Waals surface area contributed by atoms with Gasteiger partial charge in [-0.15, -0.1) is 0 Å². The molecule has 0 aromatic heterocycles. The molecule has 0 saturated carbocycles. The zero-order chi connectivity index (χ0) is 26.6. The average Bonchev–Trinajstić information content (AvgIpc) is 3.01. The molecular formula is C27H41NO7. The molecule has 3 atom stereocenters. The van der Waals surface area contributed by atoms with Crippen LogP contribution in [-0.2, 0) is 35.1 Å². The quantitative estimate of drug-likeness (QED) is 0.397. The van der Waals surface area contributed by atoms with Crippen LogP contribution in [0.1, 0.15) is 80.7 Å². The molecule has 8 nitrogen and oxygen atoms in total. The van der Waals surface area contributed by atoms with E-state index in [1.807, 2.05) is 30.3 Å². The number of aryl methyl sites for hydroxylation is 1. The first-order valence-corrected chi connectivity index (χ1v) is 12.1. The highest BCUT2D eigenvalue weighted by Gasteiger charge is 2.52. The lowest BCUT2D eigenvalue weighted by molar-refractivity contribution is -0.174. The molecule has 0 aliphatic carbocycles. The van der Waals surface area contributed by atoms with Gasteiger partial charge in [-0.1, -0.05) is 30.3 Å². The van der Waals surface area contributed by atoms with Gasteiger partial charge in [-0.2, -0.15) is 5.06 Å². The van der Waals surface area contributed by atoms with E-state index in [9.17, 15) is 14.4 Å². The van der Waals surface area contributed by atoms with E-state index < -0.39 is 52.9 Å². The van der Waals surface area contributed by atoms with Crippen molar-refractivity contribution >= 4 is 18.0 Å². The number of nitrogens with zero attached hydrogens (tertiary/aromatic N) is 1. The van der Waals surface area contributed by atoms with Crippen LogP contribution in [-0.4, -0.2) is 52.0 Å². The molecule has 196 valence electrons. The van der Waals surface area contributed by atoms with Gasteiger partial charge in [0.1, 0.15) is 28.8 Å². The molecule has 0 spiro atoms. The first-order chi connectivity index (χ1) is 16.0. The zero-order valence-electron chi connectivity index (χ0n) is 22.5. The van der Waals surface area contributed by atoms with Crippen molar-refractivity contribution in [3.05, 3.63) is 35.9 Å². The maximum atomic E-state index is 13.4. The maximum absolute atomic E-state index is 13.4. The number of rotatable bonds is 6. The Bertz CT molecular complexity index is 878. The molecule has 0 unspecified atom stereocenters. The summed E-state index contributed by atoms with van der Waals surface area (Å²) in [5.41, 5.74) is -1.17. The molecule has 1 aliphatic heterocycles. The average molecular weight is 492 g/mol. The molecule has 35 heavy (non-hydrogen) atoms. The molecule has 2 rings (SSSR count). The van der Waals surface area contributed by atoms with Gasteiger partial charge in [0.2, 0.25) is 0 Å². The Morgan fingerprint density at radius 3 is 1.89 bits per heavy atom. The first kappa shape index (κ1) is 28.6. The van der Waals surface area contributed by atoms with E-state index in [2.05, 4.69) is 0 Å². The maximum Gasteiger partial charge on any atom is 0.434 e. The summed E-state index contributed by atoms with van der Waals surface area (Å²) >= 11 is 0. The predicted molar refractivity (Wildman–Crippen MR) is 131 cm³/mol. The van der Waals surface area contributed by atoms with Crippen molar-refractivity contribution in [3.63, 3.8) is 0 Å². The standard InChI is InChI=1S/C27H41NO7/c1-25(2,3)32-21(29)17-20-22(23(30)33-26(4,5)6)19(16-15-18-13-11-10-12-14-18)28(35-20)24(31)34-27(7,8)9/h10-14,19-20,22H,15-17H2,1-9H3/t19-,20+,22-/m1/s1. The molecule has 8 heteroatoms. The van der Waals surface area contributed by atoms with Crippen LogP contribution < -0.4 is 0 Å². The minimum absolute atomic E-state index is 0.206. The summed E-state index contributed by atoms with van der Waals surface area (Å²) in [6.45, 7) is 15.9. The van der Waals surface area contributed by atoms with Crippen LogP contribution in [0.3, 0.4) is 0 Å². The molecule has 1 aromatic rings. The molecule has 0 N–H and O–H groups in total. The predicted octanol–water partition coefficient (Wildman–Crippen LogP) is 5.23. The van der Waals surface area contributed by atoms with Gasteiger partial charge in [0, 0.05) is 0 Å². The fourth-order valence-electron chi connectivity index (χ4n) is 3.81. The van der Waals surface area contributed by atoms with Crippen molar-refractivity contribution in [1.29, 1.82) is 0 Å². The van der Waals surface area contributed by atoms with Crippen molar-refractivity contribution in [2.45, 2.75) is 111 Å². The van der Waals surface area contributed by atoms with Gasteiger partial charge in [0.25, 0.3) is 0 Å². The fourth-order valence-corrected chi connectivity index (χ4v) is 3.81. The van der Waals surface area contributed by atoms with Crippen molar-refractivity contribution in [1.82, 2.24) is 5.06 Å². The Morgan fingerprint density at radius 1 is 0.829 bits per heavy atom. The molecule has 1 heterocycles.